The number of benzene rings is 1. The Morgan fingerprint density at radius 2 is 2.09 bits per heavy atom. The minimum atomic E-state index is -0.472. The molecule has 2 N–H and O–H groups in total. The van der Waals surface area contributed by atoms with Crippen molar-refractivity contribution in [2.75, 3.05) is 6.61 Å². The molecule has 1 fully saturated rings. The molecule has 2 atom stereocenters. The highest BCUT2D eigenvalue weighted by molar-refractivity contribution is 5.92. The van der Waals surface area contributed by atoms with Gasteiger partial charge in [0.25, 0.3) is 5.69 Å². The van der Waals surface area contributed by atoms with Crippen LogP contribution < -0.4 is 5.32 Å². The molecule has 0 bridgehead atoms. The van der Waals surface area contributed by atoms with E-state index in [1.54, 1.807) is 18.2 Å². The van der Waals surface area contributed by atoms with Gasteiger partial charge >= 0.3 is 0 Å². The van der Waals surface area contributed by atoms with Crippen LogP contribution in [0.2, 0.25) is 0 Å². The summed E-state index contributed by atoms with van der Waals surface area (Å²) < 4.78 is 0. The Hall–Kier alpha value is -2.21. The van der Waals surface area contributed by atoms with Crippen LogP contribution in [0.15, 0.2) is 30.3 Å². The first-order valence-corrected chi connectivity index (χ1v) is 7.44. The molecule has 2 rings (SSSR count). The molecule has 0 heterocycles. The van der Waals surface area contributed by atoms with Crippen molar-refractivity contribution in [1.82, 2.24) is 5.32 Å². The highest BCUT2D eigenvalue weighted by Crippen LogP contribution is 2.24. The lowest BCUT2D eigenvalue weighted by Crippen LogP contribution is -2.42. The van der Waals surface area contributed by atoms with Gasteiger partial charge in [-0.3, -0.25) is 14.9 Å². The van der Waals surface area contributed by atoms with Crippen LogP contribution in [0.3, 0.4) is 0 Å². The molecule has 1 aliphatic carbocycles. The molecule has 22 heavy (non-hydrogen) atoms. The number of hydrogen-bond acceptors (Lipinski definition) is 4. The second-order valence-electron chi connectivity index (χ2n) is 5.49. The fraction of sp³-hybridized carbons (Fsp3) is 0.438. The molecule has 1 aliphatic rings. The van der Waals surface area contributed by atoms with E-state index < -0.39 is 4.92 Å². The average molecular weight is 304 g/mol. The second-order valence-corrected chi connectivity index (χ2v) is 5.49. The van der Waals surface area contributed by atoms with Gasteiger partial charge in [-0.25, -0.2) is 0 Å². The molecule has 1 aromatic carbocycles. The van der Waals surface area contributed by atoms with E-state index in [0.717, 1.165) is 25.7 Å². The molecule has 6 heteroatoms. The summed E-state index contributed by atoms with van der Waals surface area (Å²) in [4.78, 5) is 22.4. The Morgan fingerprint density at radius 3 is 2.82 bits per heavy atom. The maximum atomic E-state index is 12.0. The number of hydrogen-bond donors (Lipinski definition) is 2. The van der Waals surface area contributed by atoms with Gasteiger partial charge < -0.3 is 10.4 Å². The third kappa shape index (κ3) is 4.14. The molecule has 1 saturated carbocycles. The Bertz CT molecular complexity index is 571. The Labute approximate surface area is 129 Å². The van der Waals surface area contributed by atoms with Crippen molar-refractivity contribution < 1.29 is 14.8 Å². The van der Waals surface area contributed by atoms with Gasteiger partial charge in [-0.05, 0) is 25.0 Å². The quantitative estimate of drug-likeness (QED) is 0.496. The number of nitrogens with zero attached hydrogens (tertiary/aromatic N) is 1. The Balaban J connectivity index is 2.01. The summed E-state index contributed by atoms with van der Waals surface area (Å²) in [7, 11) is 0. The van der Waals surface area contributed by atoms with Gasteiger partial charge in [0.05, 0.1) is 10.5 Å². The second kappa shape index (κ2) is 7.70. The van der Waals surface area contributed by atoms with Crippen molar-refractivity contribution in [1.29, 1.82) is 0 Å². The predicted octanol–water partition coefficient (Wildman–Crippen LogP) is 2.28. The summed E-state index contributed by atoms with van der Waals surface area (Å²) in [5, 5.41) is 23.1. The number of aliphatic hydroxyl groups is 1. The minimum absolute atomic E-state index is 0.0262. The number of nitrogens with one attached hydrogen (secondary N) is 1. The van der Waals surface area contributed by atoms with Crippen LogP contribution in [0, 0.1) is 16.0 Å². The van der Waals surface area contributed by atoms with Crippen molar-refractivity contribution in [3.8, 4) is 0 Å². The van der Waals surface area contributed by atoms with E-state index >= 15 is 0 Å². The van der Waals surface area contributed by atoms with E-state index in [4.69, 9.17) is 0 Å². The lowest BCUT2D eigenvalue weighted by Gasteiger charge is -2.30. The molecule has 1 aromatic rings. The lowest BCUT2D eigenvalue weighted by molar-refractivity contribution is -0.385. The number of nitro groups is 1. The van der Waals surface area contributed by atoms with Crippen molar-refractivity contribution in [2.24, 2.45) is 5.92 Å². The molecule has 1 amide bonds. The van der Waals surface area contributed by atoms with Crippen molar-refractivity contribution in [2.45, 2.75) is 31.7 Å². The Morgan fingerprint density at radius 1 is 1.36 bits per heavy atom. The van der Waals surface area contributed by atoms with Crippen LogP contribution >= 0.6 is 0 Å². The SMILES string of the molecule is O=C(/C=C/c1ccccc1[N+](=O)[O-])NC1CCCCC1CO. The number of aliphatic hydroxyl groups excluding tert-OH is 1. The zero-order valence-electron chi connectivity index (χ0n) is 12.3. The predicted molar refractivity (Wildman–Crippen MR) is 83.1 cm³/mol. The number of carbonyl (C=O) groups is 1. The third-order valence-electron chi connectivity index (χ3n) is 4.02. The molecule has 0 radical (unpaired) electrons. The molecule has 0 aliphatic heterocycles. The first-order valence-electron chi connectivity index (χ1n) is 7.44. The van der Waals surface area contributed by atoms with E-state index in [0.29, 0.717) is 5.56 Å². The van der Waals surface area contributed by atoms with E-state index in [-0.39, 0.29) is 30.2 Å². The summed E-state index contributed by atoms with van der Waals surface area (Å²) in [6.07, 6.45) is 6.64. The minimum Gasteiger partial charge on any atom is -0.396 e. The van der Waals surface area contributed by atoms with Gasteiger partial charge in [-0.1, -0.05) is 25.0 Å². The standard InChI is InChI=1S/C16H20N2O4/c19-11-13-6-1-3-7-14(13)17-16(20)10-9-12-5-2-4-8-15(12)18(21)22/h2,4-5,8-10,13-14,19H,1,3,6-7,11H2,(H,17,20)/b10-9+. The van der Waals surface area contributed by atoms with E-state index in [1.165, 1.54) is 18.2 Å². The highest BCUT2D eigenvalue weighted by Gasteiger charge is 2.25. The summed E-state index contributed by atoms with van der Waals surface area (Å²) in [5.74, 6) is -0.194. The average Bonchev–Trinajstić information content (AvgIpc) is 2.53. The smallest absolute Gasteiger partial charge is 0.276 e. The van der Waals surface area contributed by atoms with E-state index in [1.807, 2.05) is 0 Å². The van der Waals surface area contributed by atoms with Gasteiger partial charge in [0, 0.05) is 30.7 Å². The normalized spacial score (nSPS) is 21.7. The maximum Gasteiger partial charge on any atom is 0.276 e. The molecular weight excluding hydrogens is 284 g/mol. The van der Waals surface area contributed by atoms with Crippen LogP contribution in [0.5, 0.6) is 0 Å². The van der Waals surface area contributed by atoms with Crippen molar-refractivity contribution in [3.05, 3.63) is 46.0 Å². The summed E-state index contributed by atoms with van der Waals surface area (Å²) >= 11 is 0. The first kappa shape index (κ1) is 16.2. The Kier molecular flexibility index (Phi) is 5.66. The van der Waals surface area contributed by atoms with Crippen LogP contribution in [0.25, 0.3) is 6.08 Å². The summed E-state index contributed by atoms with van der Waals surface area (Å²) in [6.45, 7) is 0.0683. The molecule has 6 nitrogen and oxygen atoms in total. The van der Waals surface area contributed by atoms with E-state index in [9.17, 15) is 20.0 Å². The highest BCUT2D eigenvalue weighted by atomic mass is 16.6. The molecule has 0 spiro atoms. The number of nitro benzene ring substituents is 1. The monoisotopic (exact) mass is 304 g/mol. The number of para-hydroxylation sites is 1. The fourth-order valence-electron chi connectivity index (χ4n) is 2.81. The van der Waals surface area contributed by atoms with Gasteiger partial charge in [0.1, 0.15) is 0 Å². The molecular formula is C16H20N2O4. The topological polar surface area (TPSA) is 92.5 Å². The zero-order valence-corrected chi connectivity index (χ0v) is 12.3. The number of carbonyl (C=O) groups excluding carboxylic acids is 1. The fourth-order valence-corrected chi connectivity index (χ4v) is 2.81. The van der Waals surface area contributed by atoms with Crippen LogP contribution in [0.4, 0.5) is 5.69 Å². The van der Waals surface area contributed by atoms with Gasteiger partial charge in [0.15, 0.2) is 0 Å². The van der Waals surface area contributed by atoms with Crippen LogP contribution in [0.1, 0.15) is 31.2 Å². The van der Waals surface area contributed by atoms with Gasteiger partial charge in [0.2, 0.25) is 5.91 Å². The molecule has 0 saturated heterocycles. The van der Waals surface area contributed by atoms with Crippen LogP contribution in [-0.4, -0.2) is 28.6 Å². The van der Waals surface area contributed by atoms with Crippen molar-refractivity contribution in [3.63, 3.8) is 0 Å². The zero-order chi connectivity index (χ0) is 15.9. The number of rotatable bonds is 5. The molecule has 0 aromatic heterocycles. The van der Waals surface area contributed by atoms with Gasteiger partial charge in [-0.15, -0.1) is 0 Å². The third-order valence-corrected chi connectivity index (χ3v) is 4.02. The largest absolute Gasteiger partial charge is 0.396 e. The lowest BCUT2D eigenvalue weighted by atomic mass is 9.85. The maximum absolute atomic E-state index is 12.0. The summed E-state index contributed by atoms with van der Waals surface area (Å²) in [5.41, 5.74) is 0.363. The number of amides is 1. The van der Waals surface area contributed by atoms with Crippen LogP contribution in [-0.2, 0) is 4.79 Å². The van der Waals surface area contributed by atoms with Gasteiger partial charge in [-0.2, -0.15) is 0 Å². The molecule has 2 unspecified atom stereocenters. The first-order chi connectivity index (χ1) is 10.6. The molecule has 118 valence electrons. The van der Waals surface area contributed by atoms with E-state index in [2.05, 4.69) is 5.32 Å². The van der Waals surface area contributed by atoms with Crippen molar-refractivity contribution >= 4 is 17.7 Å². The summed E-state index contributed by atoms with van der Waals surface area (Å²) in [6, 6.07) is 6.25.